The van der Waals surface area contributed by atoms with Crippen molar-refractivity contribution in [2.24, 2.45) is 0 Å². The van der Waals surface area contributed by atoms with Crippen LogP contribution in [0.25, 0.3) is 0 Å². The maximum Gasteiger partial charge on any atom is 0.343 e. The van der Waals surface area contributed by atoms with Gasteiger partial charge in [0.15, 0.2) is 0 Å². The Morgan fingerprint density at radius 2 is 1.33 bits per heavy atom. The van der Waals surface area contributed by atoms with Gasteiger partial charge in [-0.2, -0.15) is 0 Å². The predicted octanol–water partition coefficient (Wildman–Crippen LogP) is 3.30. The van der Waals surface area contributed by atoms with E-state index in [9.17, 15) is 4.79 Å². The second-order valence-corrected chi connectivity index (χ2v) is 5.25. The predicted molar refractivity (Wildman–Crippen MR) is 85.6 cm³/mol. The van der Waals surface area contributed by atoms with Crippen LogP contribution >= 0.6 is 0 Å². The van der Waals surface area contributed by atoms with Gasteiger partial charge < -0.3 is 16.2 Å². The van der Waals surface area contributed by atoms with E-state index in [1.54, 1.807) is 24.3 Å². The number of esters is 1. The lowest BCUT2D eigenvalue weighted by atomic mass is 9.97. The molecular weight excluding hydrogens is 264 g/mol. The normalized spacial score (nSPS) is 10.5. The van der Waals surface area contributed by atoms with E-state index in [1.807, 2.05) is 27.7 Å². The minimum atomic E-state index is -0.398. The summed E-state index contributed by atoms with van der Waals surface area (Å²) >= 11 is 0. The number of rotatable bonds is 2. The fraction of sp³-hybridized carbons (Fsp3) is 0.235. The summed E-state index contributed by atoms with van der Waals surface area (Å²) in [7, 11) is 0. The number of benzene rings is 2. The maximum absolute atomic E-state index is 12.2. The van der Waals surface area contributed by atoms with Crippen LogP contribution in [0.1, 0.15) is 32.6 Å². The molecule has 110 valence electrons. The first-order chi connectivity index (χ1) is 9.82. The number of carbonyl (C=O) groups excluding carboxylic acids is 1. The van der Waals surface area contributed by atoms with E-state index >= 15 is 0 Å². The number of nitrogen functional groups attached to an aromatic ring is 2. The molecule has 4 heteroatoms. The molecule has 0 unspecified atom stereocenters. The molecule has 0 aliphatic rings. The van der Waals surface area contributed by atoms with Crippen molar-refractivity contribution in [2.45, 2.75) is 27.7 Å². The summed E-state index contributed by atoms with van der Waals surface area (Å²) < 4.78 is 5.58. The highest BCUT2D eigenvalue weighted by Gasteiger charge is 2.17. The molecule has 0 aromatic heterocycles. The average molecular weight is 284 g/mol. The molecule has 0 spiro atoms. The molecule has 0 aliphatic heterocycles. The van der Waals surface area contributed by atoms with Crippen molar-refractivity contribution in [3.63, 3.8) is 0 Å². The zero-order valence-electron chi connectivity index (χ0n) is 12.8. The molecule has 0 saturated carbocycles. The third kappa shape index (κ3) is 2.70. The first-order valence-electron chi connectivity index (χ1n) is 6.76. The van der Waals surface area contributed by atoms with Gasteiger partial charge in [0.05, 0.1) is 5.56 Å². The largest absolute Gasteiger partial charge is 0.422 e. The van der Waals surface area contributed by atoms with Crippen molar-refractivity contribution in [3.05, 3.63) is 52.1 Å². The minimum absolute atomic E-state index is 0.398. The first kappa shape index (κ1) is 14.9. The van der Waals surface area contributed by atoms with E-state index in [-0.39, 0.29) is 0 Å². The molecular formula is C17H20N2O2. The summed E-state index contributed by atoms with van der Waals surface area (Å²) in [6, 6.07) is 6.66. The van der Waals surface area contributed by atoms with Crippen molar-refractivity contribution in [1.82, 2.24) is 0 Å². The second-order valence-electron chi connectivity index (χ2n) is 5.25. The molecule has 0 heterocycles. The Hall–Kier alpha value is -2.49. The van der Waals surface area contributed by atoms with E-state index in [2.05, 4.69) is 0 Å². The Bertz CT molecular complexity index is 675. The van der Waals surface area contributed by atoms with Gasteiger partial charge in [-0.1, -0.05) is 0 Å². The molecule has 4 N–H and O–H groups in total. The van der Waals surface area contributed by atoms with Crippen LogP contribution in [0.15, 0.2) is 24.3 Å². The molecule has 0 saturated heterocycles. The van der Waals surface area contributed by atoms with Crippen LogP contribution in [0, 0.1) is 27.7 Å². The van der Waals surface area contributed by atoms with Crippen molar-refractivity contribution < 1.29 is 9.53 Å². The van der Waals surface area contributed by atoms with Crippen molar-refractivity contribution in [1.29, 1.82) is 0 Å². The van der Waals surface area contributed by atoms with Crippen LogP contribution in [0.3, 0.4) is 0 Å². The van der Waals surface area contributed by atoms with E-state index in [0.29, 0.717) is 17.0 Å². The van der Waals surface area contributed by atoms with Crippen molar-refractivity contribution in [3.8, 4) is 5.75 Å². The lowest BCUT2D eigenvalue weighted by molar-refractivity contribution is 0.0732. The molecule has 0 bridgehead atoms. The number of carbonyl (C=O) groups is 1. The Labute approximate surface area is 124 Å². The number of hydrogen-bond acceptors (Lipinski definition) is 4. The van der Waals surface area contributed by atoms with Gasteiger partial charge in [0.1, 0.15) is 5.75 Å². The third-order valence-corrected chi connectivity index (χ3v) is 3.96. The second kappa shape index (κ2) is 5.48. The zero-order chi connectivity index (χ0) is 15.7. The topological polar surface area (TPSA) is 78.3 Å². The first-order valence-corrected chi connectivity index (χ1v) is 6.76. The van der Waals surface area contributed by atoms with Crippen LogP contribution in [0.5, 0.6) is 5.75 Å². The molecule has 2 aromatic carbocycles. The third-order valence-electron chi connectivity index (χ3n) is 3.96. The molecule has 4 nitrogen and oxygen atoms in total. The maximum atomic E-state index is 12.2. The Morgan fingerprint density at radius 1 is 0.857 bits per heavy atom. The van der Waals surface area contributed by atoms with E-state index in [0.717, 1.165) is 27.9 Å². The fourth-order valence-corrected chi connectivity index (χ4v) is 2.23. The van der Waals surface area contributed by atoms with E-state index in [1.165, 1.54) is 0 Å². The molecule has 0 atom stereocenters. The number of ether oxygens (including phenoxy) is 1. The SMILES string of the molecule is Cc1c(C)c(OC(=O)c2ccc(N)cc2)c(C)c(C)c1N. The van der Waals surface area contributed by atoms with Gasteiger partial charge in [-0.15, -0.1) is 0 Å². The average Bonchev–Trinajstić information content (AvgIpc) is 2.48. The highest BCUT2D eigenvalue weighted by Crippen LogP contribution is 2.34. The standard InChI is InChI=1S/C17H20N2O2/c1-9-11(3)16(12(4)10(2)15(9)19)21-17(20)13-5-7-14(18)8-6-13/h5-8H,18-19H2,1-4H3. The summed E-state index contributed by atoms with van der Waals surface area (Å²) in [6.07, 6.45) is 0. The Morgan fingerprint density at radius 3 is 1.81 bits per heavy atom. The smallest absolute Gasteiger partial charge is 0.343 e. The van der Waals surface area contributed by atoms with Gasteiger partial charge in [-0.3, -0.25) is 0 Å². The summed E-state index contributed by atoms with van der Waals surface area (Å²) in [6.45, 7) is 7.67. The molecule has 0 radical (unpaired) electrons. The zero-order valence-corrected chi connectivity index (χ0v) is 12.8. The molecule has 0 aliphatic carbocycles. The fourth-order valence-electron chi connectivity index (χ4n) is 2.23. The Kier molecular flexibility index (Phi) is 3.89. The minimum Gasteiger partial charge on any atom is -0.422 e. The van der Waals surface area contributed by atoms with Gasteiger partial charge in [-0.05, 0) is 74.2 Å². The summed E-state index contributed by atoms with van der Waals surface area (Å²) in [5, 5.41) is 0. The molecule has 0 amide bonds. The quantitative estimate of drug-likeness (QED) is 0.504. The van der Waals surface area contributed by atoms with Crippen LogP contribution in [-0.4, -0.2) is 5.97 Å². The summed E-state index contributed by atoms with van der Waals surface area (Å²) in [4.78, 5) is 12.2. The van der Waals surface area contributed by atoms with E-state index in [4.69, 9.17) is 16.2 Å². The van der Waals surface area contributed by atoms with Gasteiger partial charge in [0.25, 0.3) is 0 Å². The van der Waals surface area contributed by atoms with Gasteiger partial charge in [0.2, 0.25) is 0 Å². The molecule has 0 fully saturated rings. The molecule has 2 aromatic rings. The summed E-state index contributed by atoms with van der Waals surface area (Å²) in [5.74, 6) is 0.186. The van der Waals surface area contributed by atoms with Crippen LogP contribution in [-0.2, 0) is 0 Å². The van der Waals surface area contributed by atoms with Crippen molar-refractivity contribution in [2.75, 3.05) is 11.5 Å². The monoisotopic (exact) mass is 284 g/mol. The van der Waals surface area contributed by atoms with Crippen LogP contribution in [0.2, 0.25) is 0 Å². The number of anilines is 2. The lowest BCUT2D eigenvalue weighted by Crippen LogP contribution is -2.12. The van der Waals surface area contributed by atoms with Crippen molar-refractivity contribution >= 4 is 17.3 Å². The lowest BCUT2D eigenvalue weighted by Gasteiger charge is -2.17. The highest BCUT2D eigenvalue weighted by molar-refractivity contribution is 5.92. The van der Waals surface area contributed by atoms with Crippen LogP contribution in [0.4, 0.5) is 11.4 Å². The van der Waals surface area contributed by atoms with Gasteiger partial charge >= 0.3 is 5.97 Å². The number of nitrogens with two attached hydrogens (primary N) is 2. The Balaban J connectivity index is 2.40. The summed E-state index contributed by atoms with van der Waals surface area (Å²) in [5.41, 5.74) is 17.2. The molecule has 2 rings (SSSR count). The van der Waals surface area contributed by atoms with Crippen LogP contribution < -0.4 is 16.2 Å². The highest BCUT2D eigenvalue weighted by atomic mass is 16.5. The van der Waals surface area contributed by atoms with E-state index < -0.39 is 5.97 Å². The van der Waals surface area contributed by atoms with Gasteiger partial charge in [0, 0.05) is 11.4 Å². The molecule has 21 heavy (non-hydrogen) atoms. The van der Waals surface area contributed by atoms with Gasteiger partial charge in [-0.25, -0.2) is 4.79 Å². The number of hydrogen-bond donors (Lipinski definition) is 2.